The molecule has 2 aromatic carbocycles. The highest BCUT2D eigenvalue weighted by atomic mass is 19.1. The van der Waals surface area contributed by atoms with Crippen molar-refractivity contribution < 1.29 is 23.5 Å². The molecule has 28 heavy (non-hydrogen) atoms. The number of amides is 2. The molecule has 3 N–H and O–H groups in total. The van der Waals surface area contributed by atoms with Gasteiger partial charge >= 0.3 is 0 Å². The minimum Gasteiger partial charge on any atom is -0.503 e. The second-order valence-corrected chi connectivity index (χ2v) is 7.04. The highest BCUT2D eigenvalue weighted by Gasteiger charge is 2.48. The maximum absolute atomic E-state index is 14.5. The molecular weight excluding hydrogens is 366 g/mol. The lowest BCUT2D eigenvalue weighted by Gasteiger charge is -2.36. The molecule has 0 fully saturated rings. The van der Waals surface area contributed by atoms with Crippen molar-refractivity contribution in [1.82, 2.24) is 0 Å². The quantitative estimate of drug-likeness (QED) is 0.853. The van der Waals surface area contributed by atoms with Crippen LogP contribution in [0.5, 0.6) is 0 Å². The number of nitrogens with zero attached hydrogens (tertiary/aromatic N) is 1. The second-order valence-electron chi connectivity index (χ2n) is 7.04. The van der Waals surface area contributed by atoms with Gasteiger partial charge in [-0.05, 0) is 42.5 Å². The zero-order valence-electron chi connectivity index (χ0n) is 14.9. The van der Waals surface area contributed by atoms with Crippen molar-refractivity contribution in [2.45, 2.75) is 31.2 Å². The molecule has 4 rings (SSSR count). The number of carbonyl (C=O) groups excluding carboxylic acids is 2. The number of fused-ring (bicyclic) bond motifs is 1. The maximum Gasteiger partial charge on any atom is 0.294 e. The maximum atomic E-state index is 14.5. The van der Waals surface area contributed by atoms with E-state index in [0.29, 0.717) is 12.5 Å². The van der Waals surface area contributed by atoms with Gasteiger partial charge in [-0.15, -0.1) is 0 Å². The van der Waals surface area contributed by atoms with Gasteiger partial charge in [0.05, 0.1) is 17.3 Å². The van der Waals surface area contributed by atoms with Crippen molar-refractivity contribution in [3.8, 4) is 0 Å². The molecule has 2 atom stereocenters. The Labute approximate surface area is 160 Å². The number of anilines is 1. The van der Waals surface area contributed by atoms with E-state index < -0.39 is 35.2 Å². The number of halogens is 2. The number of benzene rings is 2. The van der Waals surface area contributed by atoms with E-state index in [1.807, 2.05) is 24.3 Å². The van der Waals surface area contributed by atoms with Crippen LogP contribution in [0.3, 0.4) is 0 Å². The number of primary amides is 1. The molecule has 7 heteroatoms. The summed E-state index contributed by atoms with van der Waals surface area (Å²) in [5, 5.41) is 10.3. The Balaban J connectivity index is 1.90. The number of hydrogen-bond donors (Lipinski definition) is 2. The Morgan fingerprint density at radius 1 is 1.18 bits per heavy atom. The molecular formula is C21H18F2N2O3. The predicted molar refractivity (Wildman–Crippen MR) is 98.6 cm³/mol. The Morgan fingerprint density at radius 2 is 1.93 bits per heavy atom. The predicted octanol–water partition coefficient (Wildman–Crippen LogP) is 3.10. The number of aryl methyl sites for hydroxylation is 1. The van der Waals surface area contributed by atoms with Gasteiger partial charge in [-0.1, -0.05) is 24.3 Å². The van der Waals surface area contributed by atoms with Gasteiger partial charge in [-0.3, -0.25) is 14.5 Å². The van der Waals surface area contributed by atoms with E-state index in [1.54, 1.807) is 0 Å². The topological polar surface area (TPSA) is 83.6 Å². The van der Waals surface area contributed by atoms with Crippen LogP contribution in [0.25, 0.3) is 0 Å². The standard InChI is InChI=1S/C21H18F2N2O3/c22-12-8-9-16(15(23)10-12)25-18(17(20(24)27)19(26)21(25)28)14-7-3-5-11-4-1-2-6-13(11)14/h1-2,4,6,8-10,14,18,26H,3,5,7H2,(H2,24,27). The van der Waals surface area contributed by atoms with Crippen molar-refractivity contribution in [2.75, 3.05) is 4.90 Å². The third-order valence-electron chi connectivity index (χ3n) is 5.48. The van der Waals surface area contributed by atoms with Crippen LogP contribution in [0.2, 0.25) is 0 Å². The third-order valence-corrected chi connectivity index (χ3v) is 5.48. The Bertz CT molecular complexity index is 1020. The van der Waals surface area contributed by atoms with E-state index in [4.69, 9.17) is 5.73 Å². The summed E-state index contributed by atoms with van der Waals surface area (Å²) >= 11 is 0. The van der Waals surface area contributed by atoms with Gasteiger partial charge in [0.15, 0.2) is 5.76 Å². The molecule has 2 aromatic rings. The van der Waals surface area contributed by atoms with E-state index in [9.17, 15) is 23.5 Å². The lowest BCUT2D eigenvalue weighted by Crippen LogP contribution is -2.43. The molecule has 1 aliphatic heterocycles. The zero-order valence-corrected chi connectivity index (χ0v) is 14.9. The second kappa shape index (κ2) is 6.74. The Kier molecular flexibility index (Phi) is 4.37. The molecule has 0 bridgehead atoms. The molecule has 1 heterocycles. The lowest BCUT2D eigenvalue weighted by molar-refractivity contribution is -0.117. The average Bonchev–Trinajstić information content (AvgIpc) is 2.93. The van der Waals surface area contributed by atoms with Crippen molar-refractivity contribution in [1.29, 1.82) is 0 Å². The number of nitrogens with two attached hydrogens (primary N) is 1. The molecule has 0 aromatic heterocycles. The zero-order chi connectivity index (χ0) is 20.0. The number of aliphatic hydroxyl groups is 1. The molecule has 144 valence electrons. The van der Waals surface area contributed by atoms with Gasteiger partial charge in [-0.25, -0.2) is 8.78 Å². The Morgan fingerprint density at radius 3 is 2.64 bits per heavy atom. The van der Waals surface area contributed by atoms with Gasteiger partial charge in [0, 0.05) is 12.0 Å². The van der Waals surface area contributed by atoms with Crippen molar-refractivity contribution in [2.24, 2.45) is 5.73 Å². The summed E-state index contributed by atoms with van der Waals surface area (Å²) in [4.78, 5) is 25.9. The fourth-order valence-electron chi connectivity index (χ4n) is 4.32. The summed E-state index contributed by atoms with van der Waals surface area (Å²) in [5.41, 5.74) is 7.03. The van der Waals surface area contributed by atoms with Crippen LogP contribution in [-0.2, 0) is 16.0 Å². The number of rotatable bonds is 3. The van der Waals surface area contributed by atoms with Crippen LogP contribution in [-0.4, -0.2) is 23.0 Å². The first kappa shape index (κ1) is 18.2. The van der Waals surface area contributed by atoms with Gasteiger partial charge in [-0.2, -0.15) is 0 Å². The first-order valence-electron chi connectivity index (χ1n) is 8.99. The van der Waals surface area contributed by atoms with Gasteiger partial charge in [0.25, 0.3) is 11.8 Å². The molecule has 1 aliphatic carbocycles. The monoisotopic (exact) mass is 384 g/mol. The van der Waals surface area contributed by atoms with Gasteiger partial charge in [0.2, 0.25) is 0 Å². The molecule has 0 saturated carbocycles. The fraction of sp³-hybridized carbons (Fsp3) is 0.238. The van der Waals surface area contributed by atoms with Crippen LogP contribution >= 0.6 is 0 Å². The first-order valence-corrected chi connectivity index (χ1v) is 8.99. The van der Waals surface area contributed by atoms with Crippen LogP contribution in [0.15, 0.2) is 53.8 Å². The number of carbonyl (C=O) groups is 2. The van der Waals surface area contributed by atoms with Gasteiger partial charge in [0.1, 0.15) is 11.6 Å². The smallest absolute Gasteiger partial charge is 0.294 e. The summed E-state index contributed by atoms with van der Waals surface area (Å²) in [7, 11) is 0. The van der Waals surface area contributed by atoms with E-state index in [0.717, 1.165) is 41.0 Å². The van der Waals surface area contributed by atoms with Crippen LogP contribution in [0.1, 0.15) is 29.9 Å². The normalized spacial score (nSPS) is 21.8. The highest BCUT2D eigenvalue weighted by Crippen LogP contribution is 2.44. The first-order chi connectivity index (χ1) is 13.4. The minimum atomic E-state index is -0.966. The number of aliphatic hydroxyl groups excluding tert-OH is 1. The van der Waals surface area contributed by atoms with Crippen LogP contribution in [0.4, 0.5) is 14.5 Å². The molecule has 0 spiro atoms. The van der Waals surface area contributed by atoms with Crippen molar-refractivity contribution in [3.63, 3.8) is 0 Å². The minimum absolute atomic E-state index is 0.206. The summed E-state index contributed by atoms with van der Waals surface area (Å²) < 4.78 is 27.9. The summed E-state index contributed by atoms with van der Waals surface area (Å²) in [6.07, 6.45) is 2.27. The fourth-order valence-corrected chi connectivity index (χ4v) is 4.32. The van der Waals surface area contributed by atoms with E-state index in [-0.39, 0.29) is 17.2 Å². The van der Waals surface area contributed by atoms with Crippen LogP contribution < -0.4 is 10.6 Å². The average molecular weight is 384 g/mol. The molecule has 5 nitrogen and oxygen atoms in total. The van der Waals surface area contributed by atoms with E-state index in [2.05, 4.69) is 0 Å². The third kappa shape index (κ3) is 2.74. The molecule has 0 saturated heterocycles. The number of hydrogen-bond acceptors (Lipinski definition) is 3. The molecule has 0 radical (unpaired) electrons. The summed E-state index contributed by atoms with van der Waals surface area (Å²) in [6, 6.07) is 9.47. The van der Waals surface area contributed by atoms with Crippen LogP contribution in [0, 0.1) is 11.6 Å². The van der Waals surface area contributed by atoms with Crippen molar-refractivity contribution in [3.05, 3.63) is 76.6 Å². The van der Waals surface area contributed by atoms with E-state index in [1.165, 1.54) is 0 Å². The molecule has 2 amide bonds. The Hall–Kier alpha value is -3.22. The lowest BCUT2D eigenvalue weighted by atomic mass is 9.76. The van der Waals surface area contributed by atoms with Crippen molar-refractivity contribution >= 4 is 17.5 Å². The van der Waals surface area contributed by atoms with Gasteiger partial charge < -0.3 is 10.8 Å². The summed E-state index contributed by atoms with van der Waals surface area (Å²) in [5.74, 6) is -4.76. The molecule has 2 aliphatic rings. The SMILES string of the molecule is NC(=O)C1=C(O)C(=O)N(c2ccc(F)cc2F)C1C1CCCc2ccccc21. The van der Waals surface area contributed by atoms with E-state index >= 15 is 0 Å². The largest absolute Gasteiger partial charge is 0.503 e. The highest BCUT2D eigenvalue weighted by molar-refractivity contribution is 6.15. The molecule has 2 unspecified atom stereocenters. The summed E-state index contributed by atoms with van der Waals surface area (Å²) in [6.45, 7) is 0.